The molecule has 2 aromatic carbocycles. The standard InChI is InChI=1S/C25H27N3O3/c1-16-13-17(2)23(18(3)14-16)27-25(30)24(29)26-15-21(22-9-6-12-31-22)28-11-10-19-7-4-5-8-20(19)28/h4-9,12-14,21H,10-11,15H2,1-3H3,(H,26,29)(H,27,30). The van der Waals surface area contributed by atoms with Crippen LogP contribution in [0.1, 0.15) is 34.1 Å². The third-order valence-corrected chi connectivity index (χ3v) is 5.75. The van der Waals surface area contributed by atoms with E-state index in [1.165, 1.54) is 5.56 Å². The molecule has 2 N–H and O–H groups in total. The van der Waals surface area contributed by atoms with E-state index in [1.54, 1.807) is 6.26 Å². The number of nitrogens with one attached hydrogen (secondary N) is 2. The van der Waals surface area contributed by atoms with E-state index >= 15 is 0 Å². The third kappa shape index (κ3) is 4.33. The van der Waals surface area contributed by atoms with Crippen LogP contribution in [0.3, 0.4) is 0 Å². The summed E-state index contributed by atoms with van der Waals surface area (Å²) in [4.78, 5) is 27.4. The Bertz CT molecular complexity index is 1080. The molecule has 1 aromatic heterocycles. The highest BCUT2D eigenvalue weighted by Crippen LogP contribution is 2.35. The van der Waals surface area contributed by atoms with Gasteiger partial charge >= 0.3 is 11.8 Å². The fourth-order valence-corrected chi connectivity index (χ4v) is 4.35. The number of hydrogen-bond donors (Lipinski definition) is 2. The Hall–Kier alpha value is -3.54. The van der Waals surface area contributed by atoms with Crippen LogP contribution in [0.2, 0.25) is 0 Å². The summed E-state index contributed by atoms with van der Waals surface area (Å²) < 4.78 is 5.66. The smallest absolute Gasteiger partial charge is 0.313 e. The molecule has 6 nitrogen and oxygen atoms in total. The van der Waals surface area contributed by atoms with Gasteiger partial charge in [-0.05, 0) is 62.1 Å². The third-order valence-electron chi connectivity index (χ3n) is 5.75. The Morgan fingerprint density at radius 2 is 1.77 bits per heavy atom. The zero-order chi connectivity index (χ0) is 22.0. The number of benzene rings is 2. The number of furan rings is 1. The van der Waals surface area contributed by atoms with Crippen molar-refractivity contribution in [2.45, 2.75) is 33.2 Å². The molecule has 0 radical (unpaired) electrons. The van der Waals surface area contributed by atoms with E-state index in [0.717, 1.165) is 41.1 Å². The van der Waals surface area contributed by atoms with Crippen LogP contribution in [0.4, 0.5) is 11.4 Å². The Morgan fingerprint density at radius 3 is 2.48 bits per heavy atom. The monoisotopic (exact) mass is 417 g/mol. The van der Waals surface area contributed by atoms with Crippen molar-refractivity contribution in [3.63, 3.8) is 0 Å². The van der Waals surface area contributed by atoms with Gasteiger partial charge in [0.2, 0.25) is 0 Å². The number of anilines is 2. The molecular weight excluding hydrogens is 390 g/mol. The van der Waals surface area contributed by atoms with E-state index in [2.05, 4.69) is 27.7 Å². The number of amides is 2. The van der Waals surface area contributed by atoms with Gasteiger partial charge in [0.25, 0.3) is 0 Å². The highest BCUT2D eigenvalue weighted by molar-refractivity contribution is 6.39. The molecule has 0 saturated carbocycles. The van der Waals surface area contributed by atoms with Crippen molar-refractivity contribution in [3.8, 4) is 0 Å². The molecule has 160 valence electrons. The highest BCUT2D eigenvalue weighted by atomic mass is 16.3. The highest BCUT2D eigenvalue weighted by Gasteiger charge is 2.29. The molecule has 0 fully saturated rings. The first-order valence-electron chi connectivity index (χ1n) is 10.5. The lowest BCUT2D eigenvalue weighted by atomic mass is 10.1. The van der Waals surface area contributed by atoms with Crippen molar-refractivity contribution in [2.75, 3.05) is 23.3 Å². The number of carbonyl (C=O) groups is 2. The largest absolute Gasteiger partial charge is 0.467 e. The maximum absolute atomic E-state index is 12.6. The number of para-hydroxylation sites is 1. The second-order valence-electron chi connectivity index (χ2n) is 8.04. The van der Waals surface area contributed by atoms with Crippen molar-refractivity contribution in [1.29, 1.82) is 0 Å². The molecule has 1 aliphatic heterocycles. The van der Waals surface area contributed by atoms with E-state index in [1.807, 2.05) is 57.2 Å². The topological polar surface area (TPSA) is 74.6 Å². The number of nitrogens with zero attached hydrogens (tertiary/aromatic N) is 1. The molecule has 2 amide bonds. The summed E-state index contributed by atoms with van der Waals surface area (Å²) in [6.45, 7) is 6.94. The summed E-state index contributed by atoms with van der Waals surface area (Å²) in [5.41, 5.74) is 6.06. The van der Waals surface area contributed by atoms with Gasteiger partial charge in [0.15, 0.2) is 0 Å². The van der Waals surface area contributed by atoms with Crippen molar-refractivity contribution in [3.05, 3.63) is 82.8 Å². The molecule has 1 atom stereocenters. The fourth-order valence-electron chi connectivity index (χ4n) is 4.35. The van der Waals surface area contributed by atoms with Crippen LogP contribution in [0.15, 0.2) is 59.2 Å². The minimum absolute atomic E-state index is 0.196. The van der Waals surface area contributed by atoms with Crippen molar-refractivity contribution >= 4 is 23.2 Å². The van der Waals surface area contributed by atoms with Gasteiger partial charge in [0.05, 0.1) is 6.26 Å². The zero-order valence-electron chi connectivity index (χ0n) is 18.1. The van der Waals surface area contributed by atoms with Gasteiger partial charge in [-0.1, -0.05) is 35.9 Å². The van der Waals surface area contributed by atoms with Crippen molar-refractivity contribution < 1.29 is 14.0 Å². The summed E-state index contributed by atoms with van der Waals surface area (Å²) in [5.74, 6) is -0.582. The molecule has 0 bridgehead atoms. The molecule has 6 heteroatoms. The molecule has 3 aromatic rings. The van der Waals surface area contributed by atoms with Crippen LogP contribution >= 0.6 is 0 Å². The summed E-state index contributed by atoms with van der Waals surface area (Å²) in [5, 5.41) is 5.56. The van der Waals surface area contributed by atoms with Gasteiger partial charge in [-0.25, -0.2) is 0 Å². The Morgan fingerprint density at radius 1 is 1.03 bits per heavy atom. The zero-order valence-corrected chi connectivity index (χ0v) is 18.1. The molecule has 2 heterocycles. The first kappa shape index (κ1) is 20.7. The molecule has 4 rings (SSSR count). The first-order valence-corrected chi connectivity index (χ1v) is 10.5. The summed E-state index contributed by atoms with van der Waals surface area (Å²) in [7, 11) is 0. The van der Waals surface area contributed by atoms with Crippen molar-refractivity contribution in [2.24, 2.45) is 0 Å². The molecule has 1 aliphatic rings. The summed E-state index contributed by atoms with van der Waals surface area (Å²) in [6, 6.07) is 15.7. The molecule has 0 spiro atoms. The summed E-state index contributed by atoms with van der Waals surface area (Å²) in [6.07, 6.45) is 2.57. The van der Waals surface area contributed by atoms with Crippen LogP contribution in [0, 0.1) is 20.8 Å². The van der Waals surface area contributed by atoms with Crippen LogP contribution in [0.5, 0.6) is 0 Å². The van der Waals surface area contributed by atoms with Crippen LogP contribution in [-0.2, 0) is 16.0 Å². The molecule has 0 saturated heterocycles. The molecular formula is C25H27N3O3. The number of fused-ring (bicyclic) bond motifs is 1. The predicted molar refractivity (Wildman–Crippen MR) is 121 cm³/mol. The van der Waals surface area contributed by atoms with E-state index in [-0.39, 0.29) is 12.6 Å². The molecule has 0 aliphatic carbocycles. The Kier molecular flexibility index (Phi) is 5.80. The van der Waals surface area contributed by atoms with Crippen LogP contribution in [-0.4, -0.2) is 24.9 Å². The second-order valence-corrected chi connectivity index (χ2v) is 8.04. The minimum Gasteiger partial charge on any atom is -0.467 e. The molecule has 1 unspecified atom stereocenters. The van der Waals surface area contributed by atoms with E-state index in [9.17, 15) is 9.59 Å². The Balaban J connectivity index is 1.47. The predicted octanol–water partition coefficient (Wildman–Crippen LogP) is 4.06. The van der Waals surface area contributed by atoms with Crippen LogP contribution in [0.25, 0.3) is 0 Å². The number of hydrogen-bond acceptors (Lipinski definition) is 4. The Labute approximate surface area is 182 Å². The lowest BCUT2D eigenvalue weighted by molar-refractivity contribution is -0.136. The second kappa shape index (κ2) is 8.68. The van der Waals surface area contributed by atoms with Crippen molar-refractivity contribution in [1.82, 2.24) is 5.32 Å². The van der Waals surface area contributed by atoms with Gasteiger partial charge in [0.1, 0.15) is 11.8 Å². The van der Waals surface area contributed by atoms with Gasteiger partial charge < -0.3 is 20.0 Å². The quantitative estimate of drug-likeness (QED) is 0.614. The lowest BCUT2D eigenvalue weighted by Crippen LogP contribution is -2.41. The first-order chi connectivity index (χ1) is 14.9. The molecule has 31 heavy (non-hydrogen) atoms. The van der Waals surface area contributed by atoms with E-state index < -0.39 is 11.8 Å². The number of aryl methyl sites for hydroxylation is 3. The fraction of sp³-hybridized carbons (Fsp3) is 0.280. The maximum Gasteiger partial charge on any atom is 0.313 e. The van der Waals surface area contributed by atoms with Gasteiger partial charge in [0, 0.05) is 24.5 Å². The van der Waals surface area contributed by atoms with Crippen LogP contribution < -0.4 is 15.5 Å². The average molecular weight is 418 g/mol. The van der Waals surface area contributed by atoms with Gasteiger partial charge in [-0.2, -0.15) is 0 Å². The van der Waals surface area contributed by atoms with E-state index in [0.29, 0.717) is 5.69 Å². The minimum atomic E-state index is -0.671. The number of rotatable bonds is 5. The summed E-state index contributed by atoms with van der Waals surface area (Å²) >= 11 is 0. The lowest BCUT2D eigenvalue weighted by Gasteiger charge is -2.29. The van der Waals surface area contributed by atoms with Gasteiger partial charge in [-0.3, -0.25) is 9.59 Å². The van der Waals surface area contributed by atoms with E-state index in [4.69, 9.17) is 4.42 Å². The van der Waals surface area contributed by atoms with Gasteiger partial charge in [-0.15, -0.1) is 0 Å². The normalized spacial score (nSPS) is 13.6. The number of carbonyl (C=O) groups excluding carboxylic acids is 2. The SMILES string of the molecule is Cc1cc(C)c(NC(=O)C(=O)NCC(c2ccco2)N2CCc3ccccc32)c(C)c1. The average Bonchev–Trinajstić information content (AvgIpc) is 3.41. The maximum atomic E-state index is 12.6.